The van der Waals surface area contributed by atoms with E-state index in [0.717, 1.165) is 16.7 Å². The number of hydroxylamine groups is 2. The Labute approximate surface area is 102 Å². The molecule has 1 saturated heterocycles. The van der Waals surface area contributed by atoms with E-state index in [-0.39, 0.29) is 0 Å². The average molecular weight is 253 g/mol. The Hall–Kier alpha value is -1.73. The molecule has 0 saturated carbocycles. The molecule has 1 aromatic rings. The molecule has 6 nitrogen and oxygen atoms in total. The van der Waals surface area contributed by atoms with Crippen LogP contribution in [0.3, 0.4) is 0 Å². The van der Waals surface area contributed by atoms with Crippen LogP contribution in [0.1, 0.15) is 0 Å². The quantitative estimate of drug-likeness (QED) is 0.786. The van der Waals surface area contributed by atoms with Crippen molar-refractivity contribution in [3.63, 3.8) is 0 Å². The normalized spacial score (nSPS) is 20.5. The second-order valence-electron chi connectivity index (χ2n) is 3.34. The lowest BCUT2D eigenvalue weighted by atomic mass is 10.3. The van der Waals surface area contributed by atoms with Gasteiger partial charge >= 0.3 is 12.1 Å². The van der Waals surface area contributed by atoms with Crippen molar-refractivity contribution >= 4 is 29.5 Å². The molecule has 0 aromatic heterocycles. The maximum Gasteiger partial charge on any atom is 0.359 e. The van der Waals surface area contributed by atoms with E-state index in [0.29, 0.717) is 10.8 Å². The summed E-state index contributed by atoms with van der Waals surface area (Å²) in [5.74, 6) is 0. The lowest BCUT2D eigenvalue weighted by Gasteiger charge is -2.35. The number of carbonyl (C=O) groups is 2. The van der Waals surface area contributed by atoms with Crippen molar-refractivity contribution in [1.82, 2.24) is 10.4 Å². The Morgan fingerprint density at radius 2 is 1.94 bits per heavy atom. The van der Waals surface area contributed by atoms with Crippen LogP contribution >= 0.6 is 11.8 Å². The van der Waals surface area contributed by atoms with Crippen molar-refractivity contribution in [2.24, 2.45) is 0 Å². The smallest absolute Gasteiger partial charge is 0.306 e. The number of hydrogen-bond donors (Lipinski definition) is 2. The molecule has 1 atom stereocenters. The highest BCUT2D eigenvalue weighted by molar-refractivity contribution is 7.99. The van der Waals surface area contributed by atoms with Gasteiger partial charge in [0.2, 0.25) is 0 Å². The number of nitrogens with zero attached hydrogens (tertiary/aromatic N) is 2. The van der Waals surface area contributed by atoms with Crippen LogP contribution < -0.4 is 10.2 Å². The van der Waals surface area contributed by atoms with Gasteiger partial charge < -0.3 is 5.32 Å². The van der Waals surface area contributed by atoms with Gasteiger partial charge in [0.1, 0.15) is 0 Å². The van der Waals surface area contributed by atoms with Crippen LogP contribution in [0.15, 0.2) is 30.3 Å². The molecule has 0 spiro atoms. The maximum absolute atomic E-state index is 11.8. The summed E-state index contributed by atoms with van der Waals surface area (Å²) in [7, 11) is 0. The topological polar surface area (TPSA) is 72.9 Å². The third kappa shape index (κ3) is 2.06. The van der Waals surface area contributed by atoms with Crippen molar-refractivity contribution < 1.29 is 14.8 Å². The third-order valence-electron chi connectivity index (χ3n) is 2.30. The number of imide groups is 1. The molecular weight excluding hydrogens is 242 g/mol. The molecule has 1 fully saturated rings. The van der Waals surface area contributed by atoms with Crippen molar-refractivity contribution in [2.75, 3.05) is 11.2 Å². The molecule has 1 aliphatic heterocycles. The molecule has 90 valence electrons. The first-order valence-corrected chi connectivity index (χ1v) is 6.14. The van der Waals surface area contributed by atoms with Crippen molar-refractivity contribution in [1.29, 1.82) is 0 Å². The van der Waals surface area contributed by atoms with Crippen LogP contribution in [0.2, 0.25) is 0 Å². The Bertz CT molecular complexity index is 440. The first-order chi connectivity index (χ1) is 8.15. The molecule has 0 radical (unpaired) electrons. The second kappa shape index (κ2) is 4.64. The van der Waals surface area contributed by atoms with E-state index in [4.69, 9.17) is 0 Å². The summed E-state index contributed by atoms with van der Waals surface area (Å²) in [4.78, 5) is 24.5. The number of urea groups is 2. The molecule has 1 aliphatic rings. The number of rotatable bonds is 2. The van der Waals surface area contributed by atoms with Crippen LogP contribution in [0.4, 0.5) is 15.3 Å². The summed E-state index contributed by atoms with van der Waals surface area (Å²) < 4.78 is 0. The van der Waals surface area contributed by atoms with Crippen molar-refractivity contribution in [2.45, 2.75) is 5.50 Å². The fraction of sp³-hybridized carbons (Fsp3) is 0.200. The predicted molar refractivity (Wildman–Crippen MR) is 63.8 cm³/mol. The molecule has 7 heteroatoms. The minimum atomic E-state index is -0.765. The highest BCUT2D eigenvalue weighted by atomic mass is 32.2. The van der Waals surface area contributed by atoms with Gasteiger partial charge in [-0.3, -0.25) is 5.21 Å². The summed E-state index contributed by atoms with van der Waals surface area (Å²) in [6, 6.07) is 7.11. The van der Waals surface area contributed by atoms with Gasteiger partial charge in [-0.25, -0.2) is 14.5 Å². The maximum atomic E-state index is 11.8. The average Bonchev–Trinajstić information content (AvgIpc) is 2.35. The van der Waals surface area contributed by atoms with Crippen LogP contribution in [0.5, 0.6) is 0 Å². The van der Waals surface area contributed by atoms with E-state index in [2.05, 4.69) is 5.32 Å². The zero-order chi connectivity index (χ0) is 12.4. The summed E-state index contributed by atoms with van der Waals surface area (Å²) >= 11 is 1.16. The Morgan fingerprint density at radius 3 is 2.53 bits per heavy atom. The Kier molecular flexibility index (Phi) is 3.21. The van der Waals surface area contributed by atoms with Gasteiger partial charge in [-0.2, -0.15) is 5.06 Å². The monoisotopic (exact) mass is 253 g/mol. The highest BCUT2D eigenvalue weighted by Crippen LogP contribution is 2.21. The lowest BCUT2D eigenvalue weighted by Crippen LogP contribution is -2.63. The van der Waals surface area contributed by atoms with E-state index in [1.165, 1.54) is 0 Å². The van der Waals surface area contributed by atoms with E-state index in [1.54, 1.807) is 36.6 Å². The summed E-state index contributed by atoms with van der Waals surface area (Å²) in [6.07, 6.45) is 1.68. The van der Waals surface area contributed by atoms with Crippen molar-refractivity contribution in [3.05, 3.63) is 30.3 Å². The van der Waals surface area contributed by atoms with Gasteiger partial charge in [-0.05, 0) is 18.4 Å². The standard InChI is InChI=1S/C10H11N3O3S/c1-17-9-11-8(14)12(10(15)13(9)16)7-5-3-2-4-6-7/h2-6,9,16H,1H3,(H,11,14). The van der Waals surface area contributed by atoms with E-state index >= 15 is 0 Å². The Balaban J connectivity index is 2.30. The van der Waals surface area contributed by atoms with Crippen LogP contribution in [0, 0.1) is 0 Å². The first kappa shape index (κ1) is 11.7. The van der Waals surface area contributed by atoms with Crippen LogP contribution in [-0.4, -0.2) is 34.1 Å². The SMILES string of the molecule is CSC1NC(=O)N(c2ccccc2)C(=O)N1O. The third-order valence-corrected chi connectivity index (χ3v) is 3.06. The lowest BCUT2D eigenvalue weighted by molar-refractivity contribution is -0.0588. The molecule has 2 N–H and O–H groups in total. The zero-order valence-electron chi connectivity index (χ0n) is 9.03. The fourth-order valence-electron chi connectivity index (χ4n) is 1.48. The molecule has 1 unspecified atom stereocenters. The molecule has 0 aliphatic carbocycles. The van der Waals surface area contributed by atoms with E-state index in [1.807, 2.05) is 0 Å². The van der Waals surface area contributed by atoms with Crippen LogP contribution in [0.25, 0.3) is 0 Å². The second-order valence-corrected chi connectivity index (χ2v) is 4.25. The Morgan fingerprint density at radius 1 is 1.29 bits per heavy atom. The van der Waals surface area contributed by atoms with Gasteiger partial charge in [0.25, 0.3) is 0 Å². The summed E-state index contributed by atoms with van der Waals surface area (Å²) in [6.45, 7) is 0. The summed E-state index contributed by atoms with van der Waals surface area (Å²) in [5.41, 5.74) is -0.344. The van der Waals surface area contributed by atoms with Gasteiger partial charge in [-0.15, -0.1) is 11.8 Å². The number of benzene rings is 1. The number of carbonyl (C=O) groups excluding carboxylic acids is 2. The molecule has 0 bridgehead atoms. The number of hydrogen-bond acceptors (Lipinski definition) is 4. The van der Waals surface area contributed by atoms with E-state index in [9.17, 15) is 14.8 Å². The van der Waals surface area contributed by atoms with Gasteiger partial charge in [0.15, 0.2) is 5.50 Å². The van der Waals surface area contributed by atoms with Gasteiger partial charge in [0.05, 0.1) is 5.69 Å². The molecular formula is C10H11N3O3S. The number of nitrogens with one attached hydrogen (secondary N) is 1. The zero-order valence-corrected chi connectivity index (χ0v) is 9.85. The number of para-hydroxylation sites is 1. The number of anilines is 1. The molecule has 1 heterocycles. The minimum Gasteiger partial charge on any atom is -0.306 e. The molecule has 2 rings (SSSR count). The number of thioether (sulfide) groups is 1. The van der Waals surface area contributed by atoms with Gasteiger partial charge in [0, 0.05) is 0 Å². The van der Waals surface area contributed by atoms with E-state index < -0.39 is 17.6 Å². The summed E-state index contributed by atoms with van der Waals surface area (Å²) in [5, 5.41) is 12.6. The number of amides is 4. The van der Waals surface area contributed by atoms with Gasteiger partial charge in [-0.1, -0.05) is 18.2 Å². The minimum absolute atomic E-state index is 0.411. The fourth-order valence-corrected chi connectivity index (χ4v) is 1.99. The molecule has 17 heavy (non-hydrogen) atoms. The molecule has 1 aromatic carbocycles. The predicted octanol–water partition coefficient (Wildman–Crippen LogP) is 1.67. The first-order valence-electron chi connectivity index (χ1n) is 4.85. The highest BCUT2D eigenvalue weighted by Gasteiger charge is 2.38. The largest absolute Gasteiger partial charge is 0.359 e. The molecule has 4 amide bonds. The van der Waals surface area contributed by atoms with Crippen LogP contribution in [-0.2, 0) is 0 Å². The van der Waals surface area contributed by atoms with Crippen molar-refractivity contribution in [3.8, 4) is 0 Å².